The van der Waals surface area contributed by atoms with Crippen molar-refractivity contribution in [1.82, 2.24) is 9.97 Å². The monoisotopic (exact) mass is 770 g/mol. The zero-order chi connectivity index (χ0) is 39.1. The maximum atomic E-state index is 14.1. The molecule has 0 aliphatic rings. The Balaban J connectivity index is 1.05. The predicted octanol–water partition coefficient (Wildman–Crippen LogP) is 12.8. The van der Waals surface area contributed by atoms with E-state index in [-0.39, 0.29) is 11.8 Å². The number of aromatic nitrogens is 2. The third-order valence-corrected chi connectivity index (χ3v) is 10.7. The third kappa shape index (κ3) is 7.01. The number of carbonyl (C=O) groups is 2. The Bertz CT molecular complexity index is 2660. The van der Waals surface area contributed by atoms with Gasteiger partial charge >= 0.3 is 0 Å². The van der Waals surface area contributed by atoms with E-state index in [1.807, 2.05) is 149 Å². The molecule has 0 spiro atoms. The number of aryl methyl sites for hydroxylation is 2. The zero-order valence-corrected chi connectivity index (χ0v) is 32.7. The van der Waals surface area contributed by atoms with E-state index in [2.05, 4.69) is 22.8 Å². The molecular formula is C48H36Cl2N4O2. The number of nitrogens with zero attached hydrogens (tertiary/aromatic N) is 2. The van der Waals surface area contributed by atoms with E-state index in [9.17, 15) is 9.59 Å². The average Bonchev–Trinajstić information content (AvgIpc) is 3.19. The van der Waals surface area contributed by atoms with Crippen molar-refractivity contribution in [2.75, 3.05) is 10.6 Å². The van der Waals surface area contributed by atoms with Crippen molar-refractivity contribution in [3.63, 3.8) is 0 Å². The van der Waals surface area contributed by atoms with Gasteiger partial charge in [0.25, 0.3) is 11.8 Å². The van der Waals surface area contributed by atoms with E-state index in [0.717, 1.165) is 77.7 Å². The van der Waals surface area contributed by atoms with Crippen LogP contribution >= 0.6 is 23.2 Å². The molecule has 8 aromatic rings. The lowest BCUT2D eigenvalue weighted by molar-refractivity contribution is 0.101. The highest BCUT2D eigenvalue weighted by molar-refractivity contribution is 6.31. The highest BCUT2D eigenvalue weighted by Gasteiger charge is 2.22. The largest absolute Gasteiger partial charge is 0.322 e. The first kappa shape index (κ1) is 36.6. The Morgan fingerprint density at radius 1 is 0.464 bits per heavy atom. The minimum atomic E-state index is -0.208. The number of nitrogens with one attached hydrogen (secondary N) is 2. The van der Waals surface area contributed by atoms with Gasteiger partial charge in [-0.1, -0.05) is 96.0 Å². The van der Waals surface area contributed by atoms with E-state index in [1.165, 1.54) is 0 Å². The summed E-state index contributed by atoms with van der Waals surface area (Å²) in [5, 5.41) is 9.18. The molecule has 0 atom stereocenters. The van der Waals surface area contributed by atoms with Crippen LogP contribution < -0.4 is 10.6 Å². The summed E-state index contributed by atoms with van der Waals surface area (Å²) in [5.74, 6) is -0.416. The number of hydrogen-bond acceptors (Lipinski definition) is 4. The number of hydrogen-bond donors (Lipinski definition) is 2. The minimum absolute atomic E-state index is 0.208. The molecule has 0 saturated carbocycles. The van der Waals surface area contributed by atoms with Crippen molar-refractivity contribution in [2.24, 2.45) is 0 Å². The summed E-state index contributed by atoms with van der Waals surface area (Å²) in [6, 6.07) is 42.3. The first-order chi connectivity index (χ1) is 27.0. The number of benzene rings is 6. The van der Waals surface area contributed by atoms with Crippen LogP contribution in [0.4, 0.5) is 11.4 Å². The molecule has 2 heterocycles. The summed E-state index contributed by atoms with van der Waals surface area (Å²) in [5.41, 5.74) is 12.7. The van der Waals surface area contributed by atoms with Crippen molar-refractivity contribution in [3.8, 4) is 33.6 Å². The second kappa shape index (κ2) is 15.1. The second-order valence-corrected chi connectivity index (χ2v) is 14.8. The Morgan fingerprint density at radius 3 is 1.20 bits per heavy atom. The topological polar surface area (TPSA) is 84.0 Å². The molecule has 0 radical (unpaired) electrons. The molecule has 0 saturated heterocycles. The van der Waals surface area contributed by atoms with E-state index in [1.54, 1.807) is 0 Å². The molecule has 2 aromatic heterocycles. The van der Waals surface area contributed by atoms with Crippen LogP contribution in [-0.4, -0.2) is 21.8 Å². The smallest absolute Gasteiger partial charge is 0.256 e. The Labute approximate surface area is 335 Å². The molecule has 0 bridgehead atoms. The van der Waals surface area contributed by atoms with Crippen LogP contribution in [0.1, 0.15) is 43.0 Å². The normalized spacial score (nSPS) is 11.2. The lowest BCUT2D eigenvalue weighted by Crippen LogP contribution is -2.16. The molecule has 274 valence electrons. The summed E-state index contributed by atoms with van der Waals surface area (Å²) >= 11 is 12.3. The van der Waals surface area contributed by atoms with Gasteiger partial charge in [0.1, 0.15) is 0 Å². The molecule has 0 aliphatic heterocycles. The molecule has 2 amide bonds. The fourth-order valence-corrected chi connectivity index (χ4v) is 7.57. The van der Waals surface area contributed by atoms with Gasteiger partial charge in [-0.15, -0.1) is 0 Å². The summed E-state index contributed by atoms with van der Waals surface area (Å²) in [7, 11) is 0. The van der Waals surface area contributed by atoms with Crippen LogP contribution in [0.2, 0.25) is 10.0 Å². The van der Waals surface area contributed by atoms with Crippen molar-refractivity contribution < 1.29 is 9.59 Å². The Morgan fingerprint density at radius 2 is 0.821 bits per heavy atom. The van der Waals surface area contributed by atoms with E-state index < -0.39 is 0 Å². The maximum absolute atomic E-state index is 14.1. The number of rotatable bonds is 7. The van der Waals surface area contributed by atoms with Crippen molar-refractivity contribution >= 4 is 68.2 Å². The molecular weight excluding hydrogens is 735 g/mol. The van der Waals surface area contributed by atoms with Crippen LogP contribution in [0.25, 0.3) is 55.4 Å². The van der Waals surface area contributed by atoms with Gasteiger partial charge in [-0.05, 0) is 122 Å². The third-order valence-electron chi connectivity index (χ3n) is 10.2. The number of amides is 2. The number of fused-ring (bicyclic) bond motifs is 2. The van der Waals surface area contributed by atoms with Gasteiger partial charge in [0, 0.05) is 43.3 Å². The standard InChI is InChI=1S/C48H36Cl2N4O2/c1-27-25-33(17-23-39(27)53-47(55)43-29(3)45(31-13-19-35(49)20-14-31)51-41-11-7-5-9-37(41)43)34-18-24-40(28(2)26-34)54-48(56)44-30(4)46(32-15-21-36(50)22-16-32)52-42-12-8-6-10-38(42)44/h5-26H,1-4H3,(H,53,55)(H,54,56). The van der Waals surface area contributed by atoms with E-state index >= 15 is 0 Å². The minimum Gasteiger partial charge on any atom is -0.322 e. The lowest BCUT2D eigenvalue weighted by Gasteiger charge is -2.17. The molecule has 8 rings (SSSR count). The average molecular weight is 772 g/mol. The van der Waals surface area contributed by atoms with Crippen LogP contribution in [-0.2, 0) is 0 Å². The lowest BCUT2D eigenvalue weighted by atomic mass is 9.96. The number of para-hydroxylation sites is 2. The first-order valence-corrected chi connectivity index (χ1v) is 19.0. The molecule has 8 heteroatoms. The highest BCUT2D eigenvalue weighted by atomic mass is 35.5. The fraction of sp³-hybridized carbons (Fsp3) is 0.0833. The van der Waals surface area contributed by atoms with Gasteiger partial charge in [-0.3, -0.25) is 9.59 Å². The van der Waals surface area contributed by atoms with E-state index in [0.29, 0.717) is 32.5 Å². The van der Waals surface area contributed by atoms with Crippen LogP contribution in [0.5, 0.6) is 0 Å². The quantitative estimate of drug-likeness (QED) is 0.169. The van der Waals surface area contributed by atoms with Crippen LogP contribution in [0.15, 0.2) is 133 Å². The molecule has 0 fully saturated rings. The number of anilines is 2. The van der Waals surface area contributed by atoms with Gasteiger partial charge in [0.15, 0.2) is 0 Å². The SMILES string of the molecule is Cc1cc(-c2ccc(NC(=O)c3c(C)c(-c4ccc(Cl)cc4)nc4ccccc34)c(C)c2)ccc1NC(=O)c1c(C)c(-c2ccc(Cl)cc2)nc2ccccc12. The Kier molecular flexibility index (Phi) is 9.85. The van der Waals surface area contributed by atoms with Gasteiger partial charge < -0.3 is 10.6 Å². The van der Waals surface area contributed by atoms with Crippen molar-refractivity contribution in [1.29, 1.82) is 0 Å². The number of halogens is 2. The molecule has 6 aromatic carbocycles. The summed E-state index contributed by atoms with van der Waals surface area (Å²) in [6.45, 7) is 7.83. The van der Waals surface area contributed by atoms with Crippen molar-refractivity contribution in [3.05, 3.63) is 177 Å². The molecule has 56 heavy (non-hydrogen) atoms. The highest BCUT2D eigenvalue weighted by Crippen LogP contribution is 2.34. The predicted molar refractivity (Wildman–Crippen MR) is 231 cm³/mol. The second-order valence-electron chi connectivity index (χ2n) is 13.9. The molecule has 2 N–H and O–H groups in total. The molecule has 0 unspecified atom stereocenters. The number of pyridine rings is 2. The van der Waals surface area contributed by atoms with Gasteiger partial charge in [-0.2, -0.15) is 0 Å². The Hall–Kier alpha value is -6.34. The summed E-state index contributed by atoms with van der Waals surface area (Å²) in [6.07, 6.45) is 0. The molecule has 0 aliphatic carbocycles. The van der Waals surface area contributed by atoms with Crippen LogP contribution in [0.3, 0.4) is 0 Å². The first-order valence-electron chi connectivity index (χ1n) is 18.2. The van der Waals surface area contributed by atoms with E-state index in [4.69, 9.17) is 33.2 Å². The maximum Gasteiger partial charge on any atom is 0.256 e. The summed E-state index contributed by atoms with van der Waals surface area (Å²) in [4.78, 5) is 37.9. The van der Waals surface area contributed by atoms with Crippen LogP contribution in [0, 0.1) is 27.7 Å². The van der Waals surface area contributed by atoms with Gasteiger partial charge in [0.2, 0.25) is 0 Å². The number of carbonyl (C=O) groups excluding carboxylic acids is 2. The van der Waals surface area contributed by atoms with Gasteiger partial charge in [0.05, 0.1) is 33.5 Å². The molecule has 6 nitrogen and oxygen atoms in total. The fourth-order valence-electron chi connectivity index (χ4n) is 7.31. The summed E-state index contributed by atoms with van der Waals surface area (Å²) < 4.78 is 0. The van der Waals surface area contributed by atoms with Crippen molar-refractivity contribution in [2.45, 2.75) is 27.7 Å². The zero-order valence-electron chi connectivity index (χ0n) is 31.2. The van der Waals surface area contributed by atoms with Gasteiger partial charge in [-0.25, -0.2) is 9.97 Å².